The van der Waals surface area contributed by atoms with E-state index in [0.29, 0.717) is 11.3 Å². The van der Waals surface area contributed by atoms with Gasteiger partial charge in [-0.15, -0.1) is 0 Å². The van der Waals surface area contributed by atoms with Crippen LogP contribution in [0.5, 0.6) is 0 Å². The molecule has 1 N–H and O–H groups in total. The van der Waals surface area contributed by atoms with Crippen molar-refractivity contribution in [2.45, 2.75) is 58.2 Å². The molecule has 0 amide bonds. The van der Waals surface area contributed by atoms with E-state index in [9.17, 15) is 4.79 Å². The predicted molar refractivity (Wildman–Crippen MR) is 56.7 cm³/mol. The molecular formula is C12H20O3. The van der Waals surface area contributed by atoms with Crippen molar-refractivity contribution >= 4 is 5.97 Å². The Morgan fingerprint density at radius 1 is 1.33 bits per heavy atom. The summed E-state index contributed by atoms with van der Waals surface area (Å²) in [5.41, 5.74) is 0.0583. The minimum Gasteiger partial charge on any atom is -0.479 e. The Labute approximate surface area is 90.8 Å². The Balaban J connectivity index is 1.92. The van der Waals surface area contributed by atoms with Crippen LogP contribution in [0.2, 0.25) is 0 Å². The van der Waals surface area contributed by atoms with Crippen molar-refractivity contribution in [2.24, 2.45) is 11.3 Å². The zero-order chi connectivity index (χ0) is 11.3. The van der Waals surface area contributed by atoms with Crippen molar-refractivity contribution < 1.29 is 14.6 Å². The molecular weight excluding hydrogens is 192 g/mol. The lowest BCUT2D eigenvalue weighted by atomic mass is 9.69. The first-order valence-corrected chi connectivity index (χ1v) is 5.76. The molecule has 0 bridgehead atoms. The Morgan fingerprint density at radius 3 is 2.20 bits per heavy atom. The van der Waals surface area contributed by atoms with Crippen LogP contribution in [0.1, 0.15) is 46.5 Å². The zero-order valence-corrected chi connectivity index (χ0v) is 9.75. The van der Waals surface area contributed by atoms with Crippen LogP contribution in [0, 0.1) is 11.3 Å². The van der Waals surface area contributed by atoms with Gasteiger partial charge in [-0.2, -0.15) is 0 Å². The molecule has 1 saturated heterocycles. The molecule has 3 heteroatoms. The molecule has 0 aromatic carbocycles. The average Bonchev–Trinajstić information content (AvgIpc) is 2.79. The molecule has 1 spiro atoms. The van der Waals surface area contributed by atoms with E-state index in [-0.39, 0.29) is 5.60 Å². The average molecular weight is 212 g/mol. The van der Waals surface area contributed by atoms with E-state index in [1.165, 1.54) is 0 Å². The third-order valence-electron chi connectivity index (χ3n) is 4.05. The summed E-state index contributed by atoms with van der Waals surface area (Å²) in [4.78, 5) is 10.8. The van der Waals surface area contributed by atoms with Gasteiger partial charge in [0.05, 0.1) is 0 Å². The number of hydrogen-bond acceptors (Lipinski definition) is 2. The first kappa shape index (κ1) is 10.9. The van der Waals surface area contributed by atoms with E-state index in [1.54, 1.807) is 0 Å². The third kappa shape index (κ3) is 1.89. The third-order valence-corrected chi connectivity index (χ3v) is 4.05. The van der Waals surface area contributed by atoms with Gasteiger partial charge in [-0.05, 0) is 37.0 Å². The molecule has 1 saturated carbocycles. The highest BCUT2D eigenvalue weighted by Crippen LogP contribution is 2.52. The highest BCUT2D eigenvalue weighted by atomic mass is 16.6. The Hall–Kier alpha value is -0.570. The van der Waals surface area contributed by atoms with Gasteiger partial charge in [0.2, 0.25) is 0 Å². The lowest BCUT2D eigenvalue weighted by Crippen LogP contribution is -2.32. The summed E-state index contributed by atoms with van der Waals surface area (Å²) in [6, 6.07) is 0. The fourth-order valence-corrected chi connectivity index (χ4v) is 2.83. The standard InChI is InChI=1S/C12H20O3/c1-11(2,3)8-4-6-12(7-5-8)9(15-12)10(13)14/h8-9H,4-7H2,1-3H3,(H,13,14)/t8?,9-,12?/m0/s1. The largest absolute Gasteiger partial charge is 0.479 e. The van der Waals surface area contributed by atoms with Crippen molar-refractivity contribution in [3.05, 3.63) is 0 Å². The second-order valence-electron chi connectivity index (χ2n) is 6.04. The predicted octanol–water partition coefficient (Wildman–Crippen LogP) is 2.44. The second kappa shape index (κ2) is 3.21. The minimum absolute atomic E-state index is 0.284. The molecule has 2 aliphatic rings. The quantitative estimate of drug-likeness (QED) is 0.679. The Bertz CT molecular complexity index is 269. The molecule has 2 rings (SSSR count). The van der Waals surface area contributed by atoms with Gasteiger partial charge in [-0.1, -0.05) is 20.8 Å². The first-order valence-electron chi connectivity index (χ1n) is 5.76. The molecule has 0 radical (unpaired) electrons. The van der Waals surface area contributed by atoms with Gasteiger partial charge >= 0.3 is 5.97 Å². The number of aliphatic carboxylic acids is 1. The summed E-state index contributed by atoms with van der Waals surface area (Å²) >= 11 is 0. The SMILES string of the molecule is CC(C)(C)C1CCC2(CC1)O[C@H]2C(=O)O. The molecule has 0 aromatic heterocycles. The van der Waals surface area contributed by atoms with E-state index in [0.717, 1.165) is 25.7 Å². The summed E-state index contributed by atoms with van der Waals surface area (Å²) < 4.78 is 5.37. The monoisotopic (exact) mass is 212 g/mol. The molecule has 2 fully saturated rings. The summed E-state index contributed by atoms with van der Waals surface area (Å²) in [5, 5.41) is 8.87. The van der Waals surface area contributed by atoms with Crippen LogP contribution in [0.4, 0.5) is 0 Å². The number of epoxide rings is 1. The van der Waals surface area contributed by atoms with Crippen LogP contribution in [-0.2, 0) is 9.53 Å². The smallest absolute Gasteiger partial charge is 0.335 e. The molecule has 0 unspecified atom stereocenters. The van der Waals surface area contributed by atoms with Crippen molar-refractivity contribution in [2.75, 3.05) is 0 Å². The van der Waals surface area contributed by atoms with Crippen LogP contribution >= 0.6 is 0 Å². The van der Waals surface area contributed by atoms with Gasteiger partial charge in [0, 0.05) is 0 Å². The molecule has 1 aliphatic heterocycles. The Morgan fingerprint density at radius 2 is 1.87 bits per heavy atom. The maximum atomic E-state index is 10.8. The summed E-state index contributed by atoms with van der Waals surface area (Å²) in [6.45, 7) is 6.79. The van der Waals surface area contributed by atoms with E-state index < -0.39 is 12.1 Å². The number of rotatable bonds is 1. The van der Waals surface area contributed by atoms with E-state index in [4.69, 9.17) is 9.84 Å². The molecule has 1 heterocycles. The molecule has 3 nitrogen and oxygen atoms in total. The maximum absolute atomic E-state index is 10.8. The summed E-state index contributed by atoms with van der Waals surface area (Å²) in [7, 11) is 0. The van der Waals surface area contributed by atoms with Gasteiger partial charge in [-0.3, -0.25) is 0 Å². The van der Waals surface area contributed by atoms with Gasteiger partial charge in [0.15, 0.2) is 6.10 Å². The fraction of sp³-hybridized carbons (Fsp3) is 0.917. The second-order valence-corrected chi connectivity index (χ2v) is 6.04. The normalized spacial score (nSPS) is 40.5. The number of carbonyl (C=O) groups is 1. The van der Waals surface area contributed by atoms with Crippen LogP contribution in [0.3, 0.4) is 0 Å². The van der Waals surface area contributed by atoms with Crippen molar-refractivity contribution in [1.29, 1.82) is 0 Å². The molecule has 86 valence electrons. The zero-order valence-electron chi connectivity index (χ0n) is 9.75. The first-order chi connectivity index (χ1) is 6.85. The van der Waals surface area contributed by atoms with E-state index in [1.807, 2.05) is 0 Å². The number of carboxylic acids is 1. The van der Waals surface area contributed by atoms with Crippen LogP contribution in [0.15, 0.2) is 0 Å². The van der Waals surface area contributed by atoms with Gasteiger partial charge in [0.25, 0.3) is 0 Å². The molecule has 15 heavy (non-hydrogen) atoms. The van der Waals surface area contributed by atoms with Gasteiger partial charge in [-0.25, -0.2) is 4.79 Å². The van der Waals surface area contributed by atoms with E-state index in [2.05, 4.69) is 20.8 Å². The van der Waals surface area contributed by atoms with Crippen molar-refractivity contribution in [1.82, 2.24) is 0 Å². The topological polar surface area (TPSA) is 49.8 Å². The fourth-order valence-electron chi connectivity index (χ4n) is 2.83. The van der Waals surface area contributed by atoms with E-state index >= 15 is 0 Å². The highest BCUT2D eigenvalue weighted by Gasteiger charge is 2.61. The van der Waals surface area contributed by atoms with Crippen LogP contribution in [0.25, 0.3) is 0 Å². The highest BCUT2D eigenvalue weighted by molar-refractivity contribution is 5.77. The number of hydrogen-bond donors (Lipinski definition) is 1. The number of ether oxygens (including phenoxy) is 1. The molecule has 0 aromatic rings. The summed E-state index contributed by atoms with van der Waals surface area (Å²) in [6.07, 6.45) is 3.54. The minimum atomic E-state index is -0.788. The van der Waals surface area contributed by atoms with Crippen molar-refractivity contribution in [3.8, 4) is 0 Å². The maximum Gasteiger partial charge on any atom is 0.335 e. The van der Waals surface area contributed by atoms with Gasteiger partial charge in [0.1, 0.15) is 5.60 Å². The van der Waals surface area contributed by atoms with Crippen molar-refractivity contribution in [3.63, 3.8) is 0 Å². The molecule has 1 atom stereocenters. The summed E-state index contributed by atoms with van der Waals surface area (Å²) in [5.74, 6) is -0.0778. The molecule has 1 aliphatic carbocycles. The lowest BCUT2D eigenvalue weighted by molar-refractivity contribution is -0.138. The van der Waals surface area contributed by atoms with Crippen LogP contribution < -0.4 is 0 Å². The lowest BCUT2D eigenvalue weighted by Gasteiger charge is -2.36. The van der Waals surface area contributed by atoms with Crippen LogP contribution in [-0.4, -0.2) is 22.8 Å². The number of carboxylic acid groups (broad SMARTS) is 1. The Kier molecular flexibility index (Phi) is 2.34. The van der Waals surface area contributed by atoms with Gasteiger partial charge < -0.3 is 9.84 Å².